The van der Waals surface area contributed by atoms with E-state index in [4.69, 9.17) is 30.1 Å². The molecular formula is C82H108F2N10O11. The van der Waals surface area contributed by atoms with Gasteiger partial charge in [-0.3, -0.25) is 14.6 Å². The molecule has 1 aliphatic carbocycles. The highest BCUT2D eigenvalue weighted by atomic mass is 19.1. The Morgan fingerprint density at radius 3 is 1.51 bits per heavy atom. The van der Waals surface area contributed by atoms with Crippen LogP contribution in [0.2, 0.25) is 0 Å². The Labute approximate surface area is 619 Å². The van der Waals surface area contributed by atoms with Gasteiger partial charge in [0.15, 0.2) is 0 Å². The number of piperidine rings is 6. The topological polar surface area (TPSA) is 181 Å². The molecule has 12 aliphatic rings. The molecule has 0 radical (unpaired) electrons. The highest BCUT2D eigenvalue weighted by Gasteiger charge is 2.53. The summed E-state index contributed by atoms with van der Waals surface area (Å²) in [6.07, 6.45) is 21.9. The molecule has 11 heterocycles. The standard InChI is InChI=1S/C29H38FN3O5.C28H35N3O3.C25H33FN4O3.H2/c30-19-4-7-26-25(14-19)29(18-32(26)27(34)37-23-2-1-3-23)9-11-31(12-10-29)22-15-20-5-6-21(16-22)33(20)28(35)38-24-8-13-36-17-24;1-3-34-27(33)30-15-11-24(12-16-30)29-17-13-28(14-18-29)20-31(21(2)32)26-10-9-23(19-25(26)28)22-7-5-4-6-8-22;1-4-5-16-33-24(32)29-12-8-20(9-13-29)28-14-10-25(11-15-28)18-30(23(31)27(2)3)22-7-6-19(26)17-21(22)25;/h4,7,14,20-24H,1-3,5-6,8-13,15-18H2;4-10,19,24H,3,11-18,20H2,1-2H3;1,6-7,17,20H,5,8-16,18H2,2-3H3;1H/t20?,21?,22?,24-;;;/m0.../s1. The summed E-state index contributed by atoms with van der Waals surface area (Å²) in [6, 6.07) is 28.6. The zero-order valence-electron chi connectivity index (χ0n) is 61.9. The molecule has 105 heavy (non-hydrogen) atoms. The fourth-order valence-corrected chi connectivity index (χ4v) is 19.4. The Kier molecular flexibility index (Phi) is 22.4. The number of hydrogen-bond acceptors (Lipinski definition) is 14. The number of nitrogens with zero attached hydrogens (tertiary/aromatic N) is 10. The molecule has 3 spiro atoms. The van der Waals surface area contributed by atoms with E-state index in [1.165, 1.54) is 28.8 Å². The SMILES string of the molecule is C#CCCOC(=O)N1CCC(N2CCC3(CC2)CN(C(=O)N(C)C)c2ccc(F)cc23)CC1.CCOC(=O)N1CCC(N2CCC3(CC2)CN(C(C)=O)c2ccc(-c4ccccc4)cc23)CC1.O=C(OC1CCC1)N1CC2(CCN(C3CC4CCC(C3)N4C(=O)O[C@H]3CCOC3)CC2)c2cc(F)ccc21.[HH]. The lowest BCUT2D eigenvalue weighted by molar-refractivity contribution is -0.116. The number of fused-ring (bicyclic) bond motifs is 8. The molecule has 2 unspecified atom stereocenters. The average molecular weight is 1450 g/mol. The van der Waals surface area contributed by atoms with Crippen LogP contribution in [0.15, 0.2) is 84.9 Å². The van der Waals surface area contributed by atoms with E-state index in [0.29, 0.717) is 70.5 Å². The van der Waals surface area contributed by atoms with Crippen molar-refractivity contribution in [1.29, 1.82) is 0 Å². The van der Waals surface area contributed by atoms with Gasteiger partial charge < -0.3 is 62.9 Å². The number of halogens is 2. The van der Waals surface area contributed by atoms with Crippen LogP contribution in [0.1, 0.15) is 154 Å². The van der Waals surface area contributed by atoms with Crippen molar-refractivity contribution >= 4 is 53.4 Å². The molecule has 7 amide bonds. The summed E-state index contributed by atoms with van der Waals surface area (Å²) in [7, 11) is 3.49. The smallest absolute Gasteiger partial charge is 0.414 e. The lowest BCUT2D eigenvalue weighted by atomic mass is 9.73. The molecular weight excluding hydrogens is 1340 g/mol. The highest BCUT2D eigenvalue weighted by molar-refractivity contribution is 5.96. The van der Waals surface area contributed by atoms with Crippen LogP contribution in [0.4, 0.5) is 49.8 Å². The molecule has 0 N–H and O–H groups in total. The van der Waals surface area contributed by atoms with E-state index in [9.17, 15) is 37.5 Å². The molecule has 2 bridgehead atoms. The Morgan fingerprint density at radius 2 is 1.02 bits per heavy atom. The van der Waals surface area contributed by atoms with E-state index in [0.717, 1.165) is 203 Å². The fraction of sp³-hybridized carbons (Fsp3) is 0.610. The first kappa shape index (κ1) is 73.8. The van der Waals surface area contributed by atoms with Crippen LogP contribution in [-0.2, 0) is 44.7 Å². The van der Waals surface area contributed by atoms with E-state index in [2.05, 4.69) is 63.1 Å². The highest BCUT2D eigenvalue weighted by Crippen LogP contribution is 2.52. The lowest BCUT2D eigenvalue weighted by Crippen LogP contribution is -2.56. The second kappa shape index (κ2) is 31.8. The summed E-state index contributed by atoms with van der Waals surface area (Å²) < 4.78 is 55.8. The van der Waals surface area contributed by atoms with Crippen molar-refractivity contribution in [1.82, 2.24) is 34.3 Å². The second-order valence-corrected chi connectivity index (χ2v) is 31.8. The number of amides is 7. The van der Waals surface area contributed by atoms with E-state index in [1.54, 1.807) is 64.9 Å². The minimum Gasteiger partial charge on any atom is -0.450 e. The molecule has 3 atom stereocenters. The minimum absolute atomic E-state index is 0. The molecule has 4 aromatic carbocycles. The van der Waals surface area contributed by atoms with Crippen LogP contribution < -0.4 is 14.7 Å². The Balaban J connectivity index is 0.000000141. The predicted octanol–water partition coefficient (Wildman–Crippen LogP) is 12.8. The zero-order chi connectivity index (χ0) is 73.2. The number of urea groups is 1. The maximum atomic E-state index is 14.4. The molecule has 0 aromatic heterocycles. The maximum Gasteiger partial charge on any atom is 0.414 e. The Bertz CT molecular complexity index is 3820. The van der Waals surface area contributed by atoms with Gasteiger partial charge in [-0.15, -0.1) is 12.3 Å². The van der Waals surface area contributed by atoms with Crippen LogP contribution in [0.5, 0.6) is 0 Å². The van der Waals surface area contributed by atoms with E-state index in [-0.39, 0.29) is 96.5 Å². The monoisotopic (exact) mass is 1450 g/mol. The van der Waals surface area contributed by atoms with Gasteiger partial charge in [-0.25, -0.2) is 32.8 Å². The first-order chi connectivity index (χ1) is 50.8. The van der Waals surface area contributed by atoms with Gasteiger partial charge in [0.2, 0.25) is 5.91 Å². The van der Waals surface area contributed by atoms with Gasteiger partial charge in [0, 0.05) is 139 Å². The molecule has 8 saturated heterocycles. The van der Waals surface area contributed by atoms with Gasteiger partial charge >= 0.3 is 30.4 Å². The largest absolute Gasteiger partial charge is 0.450 e. The molecule has 1 saturated carbocycles. The third-order valence-electron chi connectivity index (χ3n) is 25.6. The van der Waals surface area contributed by atoms with Crippen molar-refractivity contribution in [3.05, 3.63) is 113 Å². The van der Waals surface area contributed by atoms with Crippen molar-refractivity contribution < 1.29 is 62.7 Å². The quantitative estimate of drug-likeness (QED) is 0.0877. The third kappa shape index (κ3) is 15.5. The number of ether oxygens (including phenoxy) is 5. The molecule has 9 fully saturated rings. The van der Waals surface area contributed by atoms with Gasteiger partial charge in [0.1, 0.15) is 30.4 Å². The zero-order valence-corrected chi connectivity index (χ0v) is 61.9. The van der Waals surface area contributed by atoms with Crippen molar-refractivity contribution in [2.75, 3.05) is 140 Å². The number of terminal acetylenes is 1. The number of anilines is 3. The second-order valence-electron chi connectivity index (χ2n) is 31.8. The van der Waals surface area contributed by atoms with Gasteiger partial charge in [-0.05, 0) is 232 Å². The summed E-state index contributed by atoms with van der Waals surface area (Å²) in [5.74, 6) is 2.09. The van der Waals surface area contributed by atoms with Gasteiger partial charge in [-0.1, -0.05) is 36.4 Å². The molecule has 23 heteroatoms. The van der Waals surface area contributed by atoms with Crippen LogP contribution >= 0.6 is 0 Å². The number of hydrogen-bond donors (Lipinski definition) is 0. The van der Waals surface area contributed by atoms with Gasteiger partial charge in [0.25, 0.3) is 0 Å². The van der Waals surface area contributed by atoms with Crippen LogP contribution in [0.3, 0.4) is 0 Å². The summed E-state index contributed by atoms with van der Waals surface area (Å²) in [4.78, 5) is 95.9. The lowest BCUT2D eigenvalue weighted by Gasteiger charge is -2.47. The Hall–Kier alpha value is -8.04. The van der Waals surface area contributed by atoms with E-state index < -0.39 is 0 Å². The van der Waals surface area contributed by atoms with E-state index in [1.807, 2.05) is 27.7 Å². The summed E-state index contributed by atoms with van der Waals surface area (Å²) in [6.45, 7) is 15.9. The molecule has 21 nitrogen and oxygen atoms in total. The van der Waals surface area contributed by atoms with Crippen LogP contribution in [0, 0.1) is 24.0 Å². The number of likely N-dealkylation sites (tertiary alicyclic amines) is 5. The predicted molar refractivity (Wildman–Crippen MR) is 399 cm³/mol. The van der Waals surface area contributed by atoms with Crippen molar-refractivity contribution in [2.45, 2.75) is 195 Å². The van der Waals surface area contributed by atoms with Crippen LogP contribution in [0.25, 0.3) is 11.1 Å². The molecule has 16 rings (SSSR count). The Morgan fingerprint density at radius 1 is 0.533 bits per heavy atom. The molecule has 11 aliphatic heterocycles. The molecule has 4 aromatic rings. The number of rotatable bonds is 9. The minimum atomic E-state index is -0.290. The first-order valence-corrected chi connectivity index (χ1v) is 38.9. The fourth-order valence-electron chi connectivity index (χ4n) is 19.4. The maximum absolute atomic E-state index is 14.4. The van der Waals surface area contributed by atoms with E-state index >= 15 is 0 Å². The number of carbonyl (C=O) groups excluding carboxylic acids is 6. The summed E-state index contributed by atoms with van der Waals surface area (Å²) in [5, 5.41) is 0. The number of carbonyl (C=O) groups is 6. The van der Waals surface area contributed by atoms with Gasteiger partial charge in [-0.2, -0.15) is 0 Å². The first-order valence-electron chi connectivity index (χ1n) is 38.9. The normalized spacial score (nSPS) is 24.7. The summed E-state index contributed by atoms with van der Waals surface area (Å²) in [5.41, 5.74) is 7.99. The average Bonchev–Trinajstić information content (AvgIpc) is 1.60. The van der Waals surface area contributed by atoms with Crippen LogP contribution in [-0.4, -0.2) is 239 Å². The van der Waals surface area contributed by atoms with Crippen molar-refractivity contribution in [2.24, 2.45) is 0 Å². The number of benzene rings is 4. The van der Waals surface area contributed by atoms with Gasteiger partial charge in [0.05, 0.1) is 25.5 Å². The molecule has 566 valence electrons. The van der Waals surface area contributed by atoms with Crippen molar-refractivity contribution in [3.8, 4) is 23.5 Å². The third-order valence-corrected chi connectivity index (χ3v) is 25.6. The van der Waals surface area contributed by atoms with Crippen molar-refractivity contribution in [3.63, 3.8) is 0 Å². The summed E-state index contributed by atoms with van der Waals surface area (Å²) >= 11 is 0.